The summed E-state index contributed by atoms with van der Waals surface area (Å²) in [4.78, 5) is 11.2. The third-order valence-corrected chi connectivity index (χ3v) is 2.31. The Labute approximate surface area is 91.1 Å². The molecule has 0 spiro atoms. The highest BCUT2D eigenvalue weighted by molar-refractivity contribution is 5.76. The monoisotopic (exact) mass is 241 g/mol. The van der Waals surface area contributed by atoms with Crippen LogP contribution in [0.3, 0.4) is 0 Å². The number of methoxy groups -OCH3 is 1. The first-order chi connectivity index (χ1) is 7.42. The molecule has 0 aromatic heterocycles. The van der Waals surface area contributed by atoms with Crippen LogP contribution in [0.25, 0.3) is 0 Å². The van der Waals surface area contributed by atoms with E-state index in [4.69, 9.17) is 9.47 Å². The van der Waals surface area contributed by atoms with E-state index in [-0.39, 0.29) is 18.8 Å². The minimum absolute atomic E-state index is 0.274. The van der Waals surface area contributed by atoms with Gasteiger partial charge in [-0.05, 0) is 0 Å². The number of hydrogen-bond donors (Lipinski definition) is 1. The fraction of sp³-hybridized carbons (Fsp3) is 0.889. The number of rotatable bonds is 4. The van der Waals surface area contributed by atoms with Crippen LogP contribution in [0.4, 0.5) is 13.2 Å². The molecule has 1 aliphatic rings. The molecule has 0 unspecified atom stereocenters. The second-order valence-corrected chi connectivity index (χ2v) is 3.60. The Balaban J connectivity index is 2.28. The van der Waals surface area contributed by atoms with Crippen molar-refractivity contribution in [1.82, 2.24) is 5.32 Å². The summed E-state index contributed by atoms with van der Waals surface area (Å²) in [6.07, 6.45) is -6.25. The first-order valence-electron chi connectivity index (χ1n) is 4.89. The van der Waals surface area contributed by atoms with Crippen LogP contribution in [0, 0.1) is 0 Å². The van der Waals surface area contributed by atoms with Crippen molar-refractivity contribution in [1.29, 1.82) is 0 Å². The van der Waals surface area contributed by atoms with Gasteiger partial charge in [-0.3, -0.25) is 4.79 Å². The molecular weight excluding hydrogens is 227 g/mol. The summed E-state index contributed by atoms with van der Waals surface area (Å²) in [6, 6.07) is -0.356. The summed E-state index contributed by atoms with van der Waals surface area (Å²) in [7, 11) is 1.47. The summed E-state index contributed by atoms with van der Waals surface area (Å²) < 4.78 is 45.6. The summed E-state index contributed by atoms with van der Waals surface area (Å²) in [6.45, 7) is 0.622. The standard InChI is InChI=1S/C9H14F3NO3/c1-15-7-5-16-4-6(7)13-8(14)2-3-9(10,11)12/h6-7H,2-5H2,1H3,(H,13,14)/t6-,7-/m0/s1. The van der Waals surface area contributed by atoms with Crippen molar-refractivity contribution in [2.24, 2.45) is 0 Å². The van der Waals surface area contributed by atoms with E-state index < -0.39 is 24.9 Å². The number of hydrogen-bond acceptors (Lipinski definition) is 3. The Kier molecular flexibility index (Phi) is 4.55. The third-order valence-electron chi connectivity index (χ3n) is 2.31. The first-order valence-corrected chi connectivity index (χ1v) is 4.89. The lowest BCUT2D eigenvalue weighted by Crippen LogP contribution is -2.43. The molecule has 0 radical (unpaired) electrons. The van der Waals surface area contributed by atoms with E-state index in [0.29, 0.717) is 6.61 Å². The van der Waals surface area contributed by atoms with Gasteiger partial charge in [0.05, 0.1) is 25.7 Å². The summed E-state index contributed by atoms with van der Waals surface area (Å²) >= 11 is 0. The Hall–Kier alpha value is -0.820. The zero-order valence-electron chi connectivity index (χ0n) is 8.84. The molecule has 1 aliphatic heterocycles. The molecule has 1 fully saturated rings. The molecule has 7 heteroatoms. The van der Waals surface area contributed by atoms with Crippen LogP contribution in [0.2, 0.25) is 0 Å². The number of halogens is 3. The van der Waals surface area contributed by atoms with Crippen LogP contribution in [0.15, 0.2) is 0 Å². The summed E-state index contributed by atoms with van der Waals surface area (Å²) in [5, 5.41) is 2.46. The average molecular weight is 241 g/mol. The maximum absolute atomic E-state index is 11.8. The molecule has 0 bridgehead atoms. The van der Waals surface area contributed by atoms with E-state index in [1.807, 2.05) is 0 Å². The molecule has 4 nitrogen and oxygen atoms in total. The molecule has 0 aliphatic carbocycles. The van der Waals surface area contributed by atoms with E-state index >= 15 is 0 Å². The van der Waals surface area contributed by atoms with Crippen molar-refractivity contribution in [2.75, 3.05) is 20.3 Å². The maximum atomic E-state index is 11.8. The van der Waals surface area contributed by atoms with Crippen molar-refractivity contribution >= 4 is 5.91 Å². The first kappa shape index (κ1) is 13.2. The molecule has 1 rings (SSSR count). The number of nitrogens with one attached hydrogen (secondary N) is 1. The molecule has 0 aromatic rings. The van der Waals surface area contributed by atoms with Crippen LogP contribution in [0.1, 0.15) is 12.8 Å². The van der Waals surface area contributed by atoms with Crippen molar-refractivity contribution in [2.45, 2.75) is 31.2 Å². The van der Waals surface area contributed by atoms with Crippen LogP contribution in [-0.4, -0.2) is 44.6 Å². The molecule has 1 saturated heterocycles. The van der Waals surface area contributed by atoms with E-state index in [0.717, 1.165) is 0 Å². The van der Waals surface area contributed by atoms with Crippen molar-refractivity contribution in [3.8, 4) is 0 Å². The van der Waals surface area contributed by atoms with Crippen LogP contribution in [-0.2, 0) is 14.3 Å². The van der Waals surface area contributed by atoms with Gasteiger partial charge in [-0.2, -0.15) is 13.2 Å². The van der Waals surface area contributed by atoms with Gasteiger partial charge in [-0.25, -0.2) is 0 Å². The largest absolute Gasteiger partial charge is 0.389 e. The molecule has 1 amide bonds. The zero-order chi connectivity index (χ0) is 12.2. The third kappa shape index (κ3) is 4.36. The quantitative estimate of drug-likeness (QED) is 0.794. The topological polar surface area (TPSA) is 47.6 Å². The highest BCUT2D eigenvalue weighted by atomic mass is 19.4. The number of amides is 1. The second kappa shape index (κ2) is 5.49. The minimum atomic E-state index is -4.30. The fourth-order valence-corrected chi connectivity index (χ4v) is 1.44. The molecular formula is C9H14F3NO3. The predicted octanol–water partition coefficient (Wildman–Crippen LogP) is 0.859. The SMILES string of the molecule is CO[C@H]1COC[C@@H]1NC(=O)CCC(F)(F)F. The van der Waals surface area contributed by atoms with Crippen LogP contribution >= 0.6 is 0 Å². The highest BCUT2D eigenvalue weighted by Gasteiger charge is 2.31. The van der Waals surface area contributed by atoms with Crippen molar-refractivity contribution in [3.63, 3.8) is 0 Å². The maximum Gasteiger partial charge on any atom is 0.389 e. The Morgan fingerprint density at radius 3 is 2.75 bits per heavy atom. The van der Waals surface area contributed by atoms with Gasteiger partial charge in [0.15, 0.2) is 0 Å². The molecule has 16 heavy (non-hydrogen) atoms. The van der Waals surface area contributed by atoms with Gasteiger partial charge in [-0.15, -0.1) is 0 Å². The lowest BCUT2D eigenvalue weighted by Gasteiger charge is -2.17. The molecule has 0 aromatic carbocycles. The zero-order valence-corrected chi connectivity index (χ0v) is 8.84. The lowest BCUT2D eigenvalue weighted by atomic mass is 10.2. The normalized spacial score (nSPS) is 25.8. The van der Waals surface area contributed by atoms with Gasteiger partial charge in [0.2, 0.25) is 5.91 Å². The van der Waals surface area contributed by atoms with Gasteiger partial charge in [0.25, 0.3) is 0 Å². The van der Waals surface area contributed by atoms with E-state index in [1.54, 1.807) is 0 Å². The van der Waals surface area contributed by atoms with Gasteiger partial charge in [0.1, 0.15) is 6.10 Å². The number of ether oxygens (including phenoxy) is 2. The van der Waals surface area contributed by atoms with Gasteiger partial charge in [-0.1, -0.05) is 0 Å². The van der Waals surface area contributed by atoms with E-state index in [9.17, 15) is 18.0 Å². The van der Waals surface area contributed by atoms with Crippen molar-refractivity contribution < 1.29 is 27.4 Å². The molecule has 1 N–H and O–H groups in total. The van der Waals surface area contributed by atoms with Gasteiger partial charge in [0, 0.05) is 13.5 Å². The molecule has 94 valence electrons. The van der Waals surface area contributed by atoms with Gasteiger partial charge >= 0.3 is 6.18 Å². The molecule has 0 saturated carbocycles. The predicted molar refractivity (Wildman–Crippen MR) is 48.8 cm³/mol. The number of carbonyl (C=O) groups is 1. The lowest BCUT2D eigenvalue weighted by molar-refractivity contribution is -0.144. The fourth-order valence-electron chi connectivity index (χ4n) is 1.44. The van der Waals surface area contributed by atoms with Crippen molar-refractivity contribution in [3.05, 3.63) is 0 Å². The summed E-state index contributed by atoms with van der Waals surface area (Å²) in [5.41, 5.74) is 0. The number of carbonyl (C=O) groups excluding carboxylic acids is 1. The average Bonchev–Trinajstić information content (AvgIpc) is 2.61. The highest BCUT2D eigenvalue weighted by Crippen LogP contribution is 2.21. The Bertz CT molecular complexity index is 245. The van der Waals surface area contributed by atoms with E-state index in [1.165, 1.54) is 7.11 Å². The Morgan fingerprint density at radius 1 is 1.50 bits per heavy atom. The Morgan fingerprint density at radius 2 is 2.19 bits per heavy atom. The smallest absolute Gasteiger partial charge is 0.377 e. The number of alkyl halides is 3. The second-order valence-electron chi connectivity index (χ2n) is 3.60. The molecule has 2 atom stereocenters. The molecule has 1 heterocycles. The van der Waals surface area contributed by atoms with Crippen LogP contribution < -0.4 is 5.32 Å². The van der Waals surface area contributed by atoms with Crippen LogP contribution in [0.5, 0.6) is 0 Å². The minimum Gasteiger partial charge on any atom is -0.377 e. The van der Waals surface area contributed by atoms with E-state index in [2.05, 4.69) is 5.32 Å². The summed E-state index contributed by atoms with van der Waals surface area (Å²) in [5.74, 6) is -0.630. The van der Waals surface area contributed by atoms with Gasteiger partial charge < -0.3 is 14.8 Å².